The number of carbonyl (C=O) groups is 2. The Morgan fingerprint density at radius 1 is 1.12 bits per heavy atom. The lowest BCUT2D eigenvalue weighted by Crippen LogP contribution is -2.56. The molecule has 1 aromatic heterocycles. The van der Waals surface area contributed by atoms with Gasteiger partial charge in [0, 0.05) is 43.3 Å². The fourth-order valence-corrected chi connectivity index (χ4v) is 3.71. The van der Waals surface area contributed by atoms with Crippen LogP contribution in [0.4, 0.5) is 5.13 Å². The van der Waals surface area contributed by atoms with Crippen LogP contribution in [0.5, 0.6) is 0 Å². The number of thiazole rings is 1. The van der Waals surface area contributed by atoms with E-state index in [1.807, 2.05) is 42.3 Å². The van der Waals surface area contributed by atoms with Crippen LogP contribution in [0, 0.1) is 5.92 Å². The highest BCUT2D eigenvalue weighted by Gasteiger charge is 2.31. The average Bonchev–Trinajstić information content (AvgIpc) is 3.21. The highest BCUT2D eigenvalue weighted by molar-refractivity contribution is 7.13. The summed E-state index contributed by atoms with van der Waals surface area (Å²) in [6.45, 7) is 6.72. The molecular weight excluding hydrogens is 348 g/mol. The second-order valence-corrected chi connectivity index (χ2v) is 7.56. The Bertz CT molecular complexity index is 725. The number of hydrogen-bond acceptors (Lipinski definition) is 5. The summed E-state index contributed by atoms with van der Waals surface area (Å²) in [5, 5.41) is 5.87. The molecule has 0 saturated carbocycles. The maximum atomic E-state index is 13.0. The van der Waals surface area contributed by atoms with Crippen molar-refractivity contribution in [2.75, 3.05) is 31.1 Å². The first-order valence-electron chi connectivity index (χ1n) is 8.85. The van der Waals surface area contributed by atoms with Crippen molar-refractivity contribution in [1.29, 1.82) is 0 Å². The van der Waals surface area contributed by atoms with Gasteiger partial charge in [0.1, 0.15) is 6.04 Å². The Labute approximate surface area is 157 Å². The second kappa shape index (κ2) is 8.31. The summed E-state index contributed by atoms with van der Waals surface area (Å²) in [6, 6.07) is 8.49. The summed E-state index contributed by atoms with van der Waals surface area (Å²) in [5.41, 5.74) is 0.569. The standard InChI is InChI=1S/C19H24N4O2S/c1-14(2)16(21-17(24)15-6-4-3-5-7-15)18(25)22-9-11-23(12-10-22)19-20-8-13-26-19/h3-8,13-14,16H,9-12H2,1-2H3,(H,21,24)/t16-/m0/s1. The number of piperazine rings is 1. The van der Waals surface area contributed by atoms with Gasteiger partial charge in [0.2, 0.25) is 5.91 Å². The van der Waals surface area contributed by atoms with E-state index in [9.17, 15) is 9.59 Å². The number of carbonyl (C=O) groups excluding carboxylic acids is 2. The van der Waals surface area contributed by atoms with E-state index in [0.29, 0.717) is 18.7 Å². The van der Waals surface area contributed by atoms with Crippen LogP contribution in [0.2, 0.25) is 0 Å². The third-order valence-corrected chi connectivity index (χ3v) is 5.37. The van der Waals surface area contributed by atoms with E-state index in [-0.39, 0.29) is 17.7 Å². The van der Waals surface area contributed by atoms with E-state index >= 15 is 0 Å². The van der Waals surface area contributed by atoms with Gasteiger partial charge in [-0.05, 0) is 18.1 Å². The maximum absolute atomic E-state index is 13.0. The Morgan fingerprint density at radius 3 is 2.38 bits per heavy atom. The van der Waals surface area contributed by atoms with Gasteiger partial charge in [0.15, 0.2) is 5.13 Å². The molecule has 0 spiro atoms. The Kier molecular flexibility index (Phi) is 5.88. The number of aromatic nitrogens is 1. The highest BCUT2D eigenvalue weighted by Crippen LogP contribution is 2.19. The molecule has 0 unspecified atom stereocenters. The molecule has 1 fully saturated rings. The van der Waals surface area contributed by atoms with Crippen LogP contribution in [-0.4, -0.2) is 53.9 Å². The van der Waals surface area contributed by atoms with Crippen LogP contribution >= 0.6 is 11.3 Å². The number of benzene rings is 1. The molecule has 0 bridgehead atoms. The van der Waals surface area contributed by atoms with Crippen molar-refractivity contribution in [3.8, 4) is 0 Å². The van der Waals surface area contributed by atoms with E-state index in [0.717, 1.165) is 18.2 Å². The first-order valence-corrected chi connectivity index (χ1v) is 9.73. The molecule has 2 amide bonds. The maximum Gasteiger partial charge on any atom is 0.251 e. The summed E-state index contributed by atoms with van der Waals surface area (Å²) in [5.74, 6) is -0.200. The third-order valence-electron chi connectivity index (χ3n) is 4.54. The van der Waals surface area contributed by atoms with E-state index in [1.165, 1.54) is 0 Å². The fraction of sp³-hybridized carbons (Fsp3) is 0.421. The normalized spacial score (nSPS) is 15.8. The molecule has 1 aliphatic heterocycles. The van der Waals surface area contributed by atoms with Gasteiger partial charge in [-0.3, -0.25) is 9.59 Å². The van der Waals surface area contributed by atoms with Gasteiger partial charge in [-0.25, -0.2) is 4.98 Å². The molecule has 138 valence electrons. The van der Waals surface area contributed by atoms with Gasteiger partial charge in [-0.15, -0.1) is 11.3 Å². The summed E-state index contributed by atoms with van der Waals surface area (Å²) in [4.78, 5) is 33.8. The number of hydrogen-bond donors (Lipinski definition) is 1. The zero-order valence-electron chi connectivity index (χ0n) is 15.1. The predicted molar refractivity (Wildman–Crippen MR) is 103 cm³/mol. The van der Waals surface area contributed by atoms with Gasteiger partial charge >= 0.3 is 0 Å². The Balaban J connectivity index is 1.61. The van der Waals surface area contributed by atoms with Gasteiger partial charge in [-0.1, -0.05) is 32.0 Å². The van der Waals surface area contributed by atoms with Crippen molar-refractivity contribution in [2.45, 2.75) is 19.9 Å². The summed E-state index contributed by atoms with van der Waals surface area (Å²) in [7, 11) is 0. The molecule has 0 aliphatic carbocycles. The molecule has 26 heavy (non-hydrogen) atoms. The molecule has 1 saturated heterocycles. The average molecular weight is 372 g/mol. The number of rotatable bonds is 5. The van der Waals surface area contributed by atoms with Gasteiger partial charge in [-0.2, -0.15) is 0 Å². The molecule has 1 atom stereocenters. The SMILES string of the molecule is CC(C)[C@H](NC(=O)c1ccccc1)C(=O)N1CCN(c2nccs2)CC1. The first kappa shape index (κ1) is 18.4. The zero-order chi connectivity index (χ0) is 18.5. The minimum atomic E-state index is -0.519. The van der Waals surface area contributed by atoms with E-state index in [2.05, 4.69) is 15.2 Å². The van der Waals surface area contributed by atoms with E-state index in [1.54, 1.807) is 29.7 Å². The van der Waals surface area contributed by atoms with Crippen LogP contribution in [0.1, 0.15) is 24.2 Å². The lowest BCUT2D eigenvalue weighted by atomic mass is 10.0. The molecule has 1 aromatic carbocycles. The minimum Gasteiger partial charge on any atom is -0.345 e. The van der Waals surface area contributed by atoms with Crippen molar-refractivity contribution >= 4 is 28.3 Å². The number of nitrogens with one attached hydrogen (secondary N) is 1. The van der Waals surface area contributed by atoms with Crippen molar-refractivity contribution in [3.63, 3.8) is 0 Å². The van der Waals surface area contributed by atoms with Gasteiger partial charge < -0.3 is 15.1 Å². The highest BCUT2D eigenvalue weighted by atomic mass is 32.1. The Hall–Kier alpha value is -2.41. The molecule has 0 radical (unpaired) electrons. The summed E-state index contributed by atoms with van der Waals surface area (Å²) >= 11 is 1.61. The van der Waals surface area contributed by atoms with Crippen molar-refractivity contribution in [3.05, 3.63) is 47.5 Å². The van der Waals surface area contributed by atoms with Crippen LogP contribution < -0.4 is 10.2 Å². The summed E-state index contributed by atoms with van der Waals surface area (Å²) in [6.07, 6.45) is 1.80. The number of anilines is 1. The smallest absolute Gasteiger partial charge is 0.251 e. The van der Waals surface area contributed by atoms with Crippen LogP contribution in [-0.2, 0) is 4.79 Å². The van der Waals surface area contributed by atoms with Gasteiger partial charge in [0.05, 0.1) is 0 Å². The molecule has 2 heterocycles. The lowest BCUT2D eigenvalue weighted by molar-refractivity contribution is -0.134. The number of nitrogens with zero attached hydrogens (tertiary/aromatic N) is 3. The minimum absolute atomic E-state index is 0.0110. The van der Waals surface area contributed by atoms with Gasteiger partial charge in [0.25, 0.3) is 5.91 Å². The van der Waals surface area contributed by atoms with Crippen molar-refractivity contribution < 1.29 is 9.59 Å². The molecule has 3 rings (SSSR count). The van der Waals surface area contributed by atoms with Crippen LogP contribution in [0.15, 0.2) is 41.9 Å². The monoisotopic (exact) mass is 372 g/mol. The predicted octanol–water partition coefficient (Wildman–Crippen LogP) is 2.25. The molecular formula is C19H24N4O2S. The lowest BCUT2D eigenvalue weighted by Gasteiger charge is -2.37. The largest absolute Gasteiger partial charge is 0.345 e. The molecule has 2 aromatic rings. The molecule has 6 nitrogen and oxygen atoms in total. The third kappa shape index (κ3) is 4.22. The van der Waals surface area contributed by atoms with Crippen molar-refractivity contribution in [1.82, 2.24) is 15.2 Å². The topological polar surface area (TPSA) is 65.5 Å². The molecule has 1 N–H and O–H groups in total. The number of amides is 2. The van der Waals surface area contributed by atoms with E-state index in [4.69, 9.17) is 0 Å². The Morgan fingerprint density at radius 2 is 1.81 bits per heavy atom. The van der Waals surface area contributed by atoms with Crippen molar-refractivity contribution in [2.24, 2.45) is 5.92 Å². The van der Waals surface area contributed by atoms with Crippen LogP contribution in [0.25, 0.3) is 0 Å². The quantitative estimate of drug-likeness (QED) is 0.874. The molecule has 7 heteroatoms. The molecule has 1 aliphatic rings. The van der Waals surface area contributed by atoms with Crippen LogP contribution in [0.3, 0.4) is 0 Å². The second-order valence-electron chi connectivity index (χ2n) is 6.69. The zero-order valence-corrected chi connectivity index (χ0v) is 15.9. The first-order chi connectivity index (χ1) is 12.6. The fourth-order valence-electron chi connectivity index (χ4n) is 3.01. The summed E-state index contributed by atoms with van der Waals surface area (Å²) < 4.78 is 0. The van der Waals surface area contributed by atoms with E-state index < -0.39 is 6.04 Å².